The second kappa shape index (κ2) is 14.0. The van der Waals surface area contributed by atoms with E-state index in [4.69, 9.17) is 0 Å². The van der Waals surface area contributed by atoms with Crippen LogP contribution in [0.3, 0.4) is 0 Å². The Bertz CT molecular complexity index is 1610. The molecular formula is C31H38F3N9O. The number of unbranched alkanes of at least 4 members (excludes halogenated alkanes) is 3. The number of halogens is 3. The van der Waals surface area contributed by atoms with Crippen LogP contribution < -0.4 is 21.1 Å². The first kappa shape index (κ1) is 31.2. The highest BCUT2D eigenvalue weighted by Crippen LogP contribution is 2.29. The lowest BCUT2D eigenvalue weighted by atomic mass is 10.1. The van der Waals surface area contributed by atoms with E-state index >= 15 is 0 Å². The summed E-state index contributed by atoms with van der Waals surface area (Å²) in [6.07, 6.45) is 3.22. The standard InChI is InChI=1S/C31H38F3N9O/c1-3-16-42-29(44)25-22-36-30(39-28(25)43(42)27-10-8-9-26(38-27)31(32,33)34)37-23-11-13-24(14-12-23)41-20-18-40(19-21-41)17-7-5-4-6-15-35-2/h3,8-14,22,35H,1,4-7,15-21H2,2H3,(H,36,37,39). The molecule has 0 aliphatic carbocycles. The number of benzene rings is 1. The summed E-state index contributed by atoms with van der Waals surface area (Å²) < 4.78 is 42.7. The number of aromatic nitrogens is 5. The molecule has 13 heteroatoms. The third-order valence-corrected chi connectivity index (χ3v) is 7.73. The normalized spacial score (nSPS) is 14.3. The largest absolute Gasteiger partial charge is 0.433 e. The van der Waals surface area contributed by atoms with Crippen molar-refractivity contribution in [1.82, 2.24) is 34.5 Å². The van der Waals surface area contributed by atoms with Gasteiger partial charge in [-0.15, -0.1) is 6.58 Å². The molecule has 0 atom stereocenters. The molecule has 44 heavy (non-hydrogen) atoms. The minimum Gasteiger partial charge on any atom is -0.369 e. The molecule has 5 rings (SSSR count). The van der Waals surface area contributed by atoms with Crippen molar-refractivity contribution in [1.29, 1.82) is 0 Å². The summed E-state index contributed by atoms with van der Waals surface area (Å²) in [5.74, 6) is 0.105. The fourth-order valence-corrected chi connectivity index (χ4v) is 5.41. The van der Waals surface area contributed by atoms with Crippen LogP contribution in [0, 0.1) is 0 Å². The molecule has 0 saturated carbocycles. The fourth-order valence-electron chi connectivity index (χ4n) is 5.41. The number of alkyl halides is 3. The summed E-state index contributed by atoms with van der Waals surface area (Å²) in [5, 5.41) is 6.50. The van der Waals surface area contributed by atoms with Gasteiger partial charge >= 0.3 is 6.18 Å². The summed E-state index contributed by atoms with van der Waals surface area (Å²) in [6.45, 7) is 9.96. The Kier molecular flexibility index (Phi) is 9.95. The average molecular weight is 610 g/mol. The van der Waals surface area contributed by atoms with Crippen molar-refractivity contribution in [3.8, 4) is 5.82 Å². The third-order valence-electron chi connectivity index (χ3n) is 7.73. The topological polar surface area (TPSA) is 96.1 Å². The van der Waals surface area contributed by atoms with Crippen molar-refractivity contribution >= 4 is 28.4 Å². The quantitative estimate of drug-likeness (QED) is 0.165. The molecule has 3 aromatic heterocycles. The van der Waals surface area contributed by atoms with E-state index in [2.05, 4.69) is 42.0 Å². The molecular weight excluding hydrogens is 571 g/mol. The summed E-state index contributed by atoms with van der Waals surface area (Å²) in [6, 6.07) is 11.5. The molecule has 0 radical (unpaired) electrons. The Labute approximate surface area is 254 Å². The van der Waals surface area contributed by atoms with Gasteiger partial charge in [0.2, 0.25) is 5.95 Å². The maximum absolute atomic E-state index is 13.4. The molecule has 0 unspecified atom stereocenters. The van der Waals surface area contributed by atoms with Crippen LogP contribution in [-0.2, 0) is 12.7 Å². The molecule has 1 fully saturated rings. The lowest BCUT2D eigenvalue weighted by Crippen LogP contribution is -2.46. The Morgan fingerprint density at radius 2 is 1.73 bits per heavy atom. The number of piperazine rings is 1. The highest BCUT2D eigenvalue weighted by molar-refractivity contribution is 5.77. The number of rotatable bonds is 13. The lowest BCUT2D eigenvalue weighted by molar-refractivity contribution is -0.141. The number of nitrogens with one attached hydrogen (secondary N) is 2. The van der Waals surface area contributed by atoms with Crippen molar-refractivity contribution in [3.05, 3.63) is 77.4 Å². The number of allylic oxidation sites excluding steroid dienone is 1. The molecule has 1 aliphatic rings. The summed E-state index contributed by atoms with van der Waals surface area (Å²) in [4.78, 5) is 30.6. The lowest BCUT2D eigenvalue weighted by Gasteiger charge is -2.36. The first-order chi connectivity index (χ1) is 21.3. The highest BCUT2D eigenvalue weighted by atomic mass is 19.4. The van der Waals surface area contributed by atoms with E-state index in [1.807, 2.05) is 31.3 Å². The molecule has 0 bridgehead atoms. The van der Waals surface area contributed by atoms with Gasteiger partial charge < -0.3 is 15.5 Å². The first-order valence-corrected chi connectivity index (χ1v) is 14.9. The van der Waals surface area contributed by atoms with Gasteiger partial charge in [-0.05, 0) is 69.4 Å². The van der Waals surface area contributed by atoms with E-state index in [1.165, 1.54) is 59.5 Å². The Balaban J connectivity index is 1.28. The van der Waals surface area contributed by atoms with Gasteiger partial charge in [0.25, 0.3) is 5.56 Å². The number of hydrogen-bond donors (Lipinski definition) is 2. The van der Waals surface area contributed by atoms with E-state index < -0.39 is 17.4 Å². The van der Waals surface area contributed by atoms with Crippen molar-refractivity contribution < 1.29 is 13.2 Å². The number of nitrogens with zero attached hydrogens (tertiary/aromatic N) is 7. The van der Waals surface area contributed by atoms with Crippen molar-refractivity contribution in [2.45, 2.75) is 38.4 Å². The minimum atomic E-state index is -4.64. The maximum atomic E-state index is 13.4. The molecule has 1 aromatic carbocycles. The Morgan fingerprint density at radius 3 is 2.43 bits per heavy atom. The molecule has 4 heterocycles. The zero-order valence-corrected chi connectivity index (χ0v) is 24.9. The monoisotopic (exact) mass is 609 g/mol. The van der Waals surface area contributed by atoms with Crippen molar-refractivity contribution in [2.75, 3.05) is 56.5 Å². The third kappa shape index (κ3) is 7.28. The van der Waals surface area contributed by atoms with E-state index in [-0.39, 0.29) is 29.3 Å². The number of fused-ring (bicyclic) bond motifs is 1. The van der Waals surface area contributed by atoms with E-state index in [0.29, 0.717) is 0 Å². The van der Waals surface area contributed by atoms with Gasteiger partial charge in [-0.3, -0.25) is 9.69 Å². The van der Waals surface area contributed by atoms with Gasteiger partial charge in [0.15, 0.2) is 11.5 Å². The van der Waals surface area contributed by atoms with Crippen molar-refractivity contribution in [3.63, 3.8) is 0 Å². The van der Waals surface area contributed by atoms with Gasteiger partial charge in [0, 0.05) is 43.8 Å². The number of anilines is 3. The molecule has 4 aromatic rings. The number of hydrogen-bond acceptors (Lipinski definition) is 8. The van der Waals surface area contributed by atoms with Crippen molar-refractivity contribution in [2.24, 2.45) is 0 Å². The zero-order valence-electron chi connectivity index (χ0n) is 24.9. The van der Waals surface area contributed by atoms with Crippen LogP contribution in [-0.4, -0.2) is 75.5 Å². The Hall–Kier alpha value is -4.23. The average Bonchev–Trinajstić information content (AvgIpc) is 3.29. The molecule has 0 spiro atoms. The van der Waals surface area contributed by atoms with Crippen LogP contribution in [0.15, 0.2) is 66.1 Å². The van der Waals surface area contributed by atoms with Crippen LogP contribution in [0.5, 0.6) is 0 Å². The predicted molar refractivity (Wildman–Crippen MR) is 167 cm³/mol. The molecule has 1 saturated heterocycles. The first-order valence-electron chi connectivity index (χ1n) is 14.9. The molecule has 1 aliphatic heterocycles. The van der Waals surface area contributed by atoms with Crippen LogP contribution in [0.2, 0.25) is 0 Å². The zero-order chi connectivity index (χ0) is 31.1. The van der Waals surface area contributed by atoms with Gasteiger partial charge in [-0.1, -0.05) is 25.0 Å². The van der Waals surface area contributed by atoms with Gasteiger partial charge in [-0.25, -0.2) is 19.3 Å². The summed E-state index contributed by atoms with van der Waals surface area (Å²) >= 11 is 0. The minimum absolute atomic E-state index is 0.0442. The molecule has 0 amide bonds. The van der Waals surface area contributed by atoms with Crippen LogP contribution >= 0.6 is 0 Å². The summed E-state index contributed by atoms with van der Waals surface area (Å²) in [5.41, 5.74) is 0.471. The number of pyridine rings is 1. The second-order valence-electron chi connectivity index (χ2n) is 10.8. The van der Waals surface area contributed by atoms with Crippen LogP contribution in [0.25, 0.3) is 16.9 Å². The van der Waals surface area contributed by atoms with E-state index in [0.717, 1.165) is 56.7 Å². The molecule has 234 valence electrons. The van der Waals surface area contributed by atoms with Gasteiger partial charge in [0.1, 0.15) is 11.1 Å². The van der Waals surface area contributed by atoms with E-state index in [1.54, 1.807) is 0 Å². The smallest absolute Gasteiger partial charge is 0.369 e. The molecule has 2 N–H and O–H groups in total. The van der Waals surface area contributed by atoms with E-state index in [9.17, 15) is 18.0 Å². The predicted octanol–water partition coefficient (Wildman–Crippen LogP) is 4.83. The molecule has 10 nitrogen and oxygen atoms in total. The van der Waals surface area contributed by atoms with Crippen LogP contribution in [0.4, 0.5) is 30.5 Å². The van der Waals surface area contributed by atoms with Crippen LogP contribution in [0.1, 0.15) is 31.4 Å². The highest BCUT2D eigenvalue weighted by Gasteiger charge is 2.33. The van der Waals surface area contributed by atoms with Gasteiger partial charge in [0.05, 0.1) is 6.54 Å². The summed E-state index contributed by atoms with van der Waals surface area (Å²) in [7, 11) is 2.00. The fraction of sp³-hybridized carbons (Fsp3) is 0.419. The maximum Gasteiger partial charge on any atom is 0.433 e. The second-order valence-corrected chi connectivity index (χ2v) is 10.8. The Morgan fingerprint density at radius 1 is 0.977 bits per heavy atom. The van der Waals surface area contributed by atoms with Gasteiger partial charge in [-0.2, -0.15) is 18.2 Å². The SMILES string of the molecule is C=CCn1c(=O)c2cnc(Nc3ccc(N4CCN(CCCCCCNC)CC4)cc3)nc2n1-c1cccc(C(F)(F)F)n1.